The number of methoxy groups -OCH3 is 1. The van der Waals surface area contributed by atoms with E-state index in [-0.39, 0.29) is 12.0 Å². The summed E-state index contributed by atoms with van der Waals surface area (Å²) < 4.78 is 13.3. The van der Waals surface area contributed by atoms with Crippen LogP contribution in [0.1, 0.15) is 40.3 Å². The van der Waals surface area contributed by atoms with Gasteiger partial charge < -0.3 is 9.47 Å². The molecular weight excluding hydrogens is 400 g/mol. The van der Waals surface area contributed by atoms with Crippen LogP contribution < -0.4 is 4.74 Å². The molecule has 0 heterocycles. The van der Waals surface area contributed by atoms with Gasteiger partial charge in [-0.2, -0.15) is 0 Å². The Balaban J connectivity index is 1.97. The van der Waals surface area contributed by atoms with Crippen LogP contribution in [0.25, 0.3) is 0 Å². The average Bonchev–Trinajstić information content (AvgIpc) is 2.68. The number of hydrogen-bond donors (Lipinski definition) is 0. The predicted molar refractivity (Wildman–Crippen MR) is 115 cm³/mol. The maximum atomic E-state index is 6.24. The van der Waals surface area contributed by atoms with E-state index in [0.717, 1.165) is 39.8 Å². The summed E-state index contributed by atoms with van der Waals surface area (Å²) >= 11 is 3.60. The van der Waals surface area contributed by atoms with Crippen molar-refractivity contribution in [1.82, 2.24) is 0 Å². The number of fused-ring (bicyclic) bond motifs is 1. The summed E-state index contributed by atoms with van der Waals surface area (Å²) in [6, 6.07) is 10.3. The fourth-order valence-corrected chi connectivity index (χ4v) is 4.47. The van der Waals surface area contributed by atoms with E-state index in [9.17, 15) is 0 Å². The van der Waals surface area contributed by atoms with Crippen LogP contribution in [-0.2, 0) is 17.8 Å². The van der Waals surface area contributed by atoms with Crippen LogP contribution in [0.4, 0.5) is 0 Å². The van der Waals surface area contributed by atoms with Crippen LogP contribution in [0, 0.1) is 19.8 Å². The van der Waals surface area contributed by atoms with Gasteiger partial charge in [0.15, 0.2) is 0 Å². The van der Waals surface area contributed by atoms with Crippen LogP contribution in [0.2, 0.25) is 0 Å². The van der Waals surface area contributed by atoms with E-state index in [0.29, 0.717) is 6.61 Å². The van der Waals surface area contributed by atoms with Crippen LogP contribution >= 0.6 is 15.9 Å². The van der Waals surface area contributed by atoms with Gasteiger partial charge in [-0.15, -0.1) is 0 Å². The van der Waals surface area contributed by atoms with Gasteiger partial charge in [0, 0.05) is 23.1 Å². The topological polar surface area (TPSA) is 18.5 Å². The molecule has 0 N–H and O–H groups in total. The summed E-state index contributed by atoms with van der Waals surface area (Å²) in [4.78, 5) is 0. The largest absolute Gasteiger partial charge is 0.489 e. The highest BCUT2D eigenvalue weighted by atomic mass is 79.9. The van der Waals surface area contributed by atoms with E-state index in [2.05, 4.69) is 55.1 Å². The third-order valence-electron chi connectivity index (χ3n) is 5.61. The number of aryl methyl sites for hydroxylation is 1. The Kier molecular flexibility index (Phi) is 6.23. The van der Waals surface area contributed by atoms with Gasteiger partial charge in [0.25, 0.3) is 0 Å². The lowest BCUT2D eigenvalue weighted by molar-refractivity contribution is 0.0548. The van der Waals surface area contributed by atoms with Crippen molar-refractivity contribution < 1.29 is 9.47 Å². The minimum Gasteiger partial charge on any atom is -0.489 e. The van der Waals surface area contributed by atoms with E-state index in [1.165, 1.54) is 16.7 Å². The molecule has 1 aliphatic rings. The maximum absolute atomic E-state index is 6.24. The lowest BCUT2D eigenvalue weighted by Gasteiger charge is -2.36. The molecule has 0 aliphatic heterocycles. The van der Waals surface area contributed by atoms with Crippen LogP contribution in [0.5, 0.6) is 5.75 Å². The Morgan fingerprint density at radius 2 is 2.04 bits per heavy atom. The number of halogens is 1. The molecular formula is C24H27BrO2. The second-order valence-electron chi connectivity index (χ2n) is 7.17. The quantitative estimate of drug-likeness (QED) is 0.482. The SMILES string of the molecule is C=CC(=C)[C@@H]1CCc2c(C)cc(OCc3ccccc3Br)c(C)c2[C@@H]1OC. The summed E-state index contributed by atoms with van der Waals surface area (Å²) in [5.74, 6) is 1.19. The molecule has 0 fully saturated rings. The molecule has 2 nitrogen and oxygen atoms in total. The predicted octanol–water partition coefficient (Wildman–Crippen LogP) is 6.64. The van der Waals surface area contributed by atoms with Crippen molar-refractivity contribution in [2.75, 3.05) is 7.11 Å². The van der Waals surface area contributed by atoms with Crippen molar-refractivity contribution in [3.05, 3.63) is 87.4 Å². The highest BCUT2D eigenvalue weighted by Crippen LogP contribution is 2.45. The summed E-state index contributed by atoms with van der Waals surface area (Å²) in [6.45, 7) is 12.9. The first-order chi connectivity index (χ1) is 13.0. The third-order valence-corrected chi connectivity index (χ3v) is 6.38. The summed E-state index contributed by atoms with van der Waals surface area (Å²) in [5, 5.41) is 0. The van der Waals surface area contributed by atoms with E-state index < -0.39 is 0 Å². The lowest BCUT2D eigenvalue weighted by Crippen LogP contribution is -2.25. The Morgan fingerprint density at radius 1 is 1.30 bits per heavy atom. The summed E-state index contributed by atoms with van der Waals surface area (Å²) in [5.41, 5.74) is 7.26. The fraction of sp³-hybridized carbons (Fsp3) is 0.333. The summed E-state index contributed by atoms with van der Waals surface area (Å²) in [6.07, 6.45) is 3.92. The van der Waals surface area contributed by atoms with Gasteiger partial charge in [-0.05, 0) is 66.6 Å². The molecule has 0 saturated carbocycles. The van der Waals surface area contributed by atoms with Gasteiger partial charge >= 0.3 is 0 Å². The number of benzene rings is 2. The second-order valence-corrected chi connectivity index (χ2v) is 8.02. The van der Waals surface area contributed by atoms with E-state index in [1.54, 1.807) is 7.11 Å². The molecule has 27 heavy (non-hydrogen) atoms. The first kappa shape index (κ1) is 19.9. The van der Waals surface area contributed by atoms with Crippen molar-refractivity contribution in [3.63, 3.8) is 0 Å². The average molecular weight is 427 g/mol. The third kappa shape index (κ3) is 3.90. The number of allylic oxidation sites excluding steroid dienone is 1. The lowest BCUT2D eigenvalue weighted by atomic mass is 9.75. The highest BCUT2D eigenvalue weighted by molar-refractivity contribution is 9.10. The van der Waals surface area contributed by atoms with Crippen molar-refractivity contribution in [3.8, 4) is 5.75 Å². The Labute approximate surface area is 171 Å². The Bertz CT molecular complexity index is 869. The van der Waals surface area contributed by atoms with Gasteiger partial charge in [0.05, 0.1) is 6.10 Å². The minimum absolute atomic E-state index is 0.00930. The van der Waals surface area contributed by atoms with E-state index >= 15 is 0 Å². The monoisotopic (exact) mass is 426 g/mol. The van der Waals surface area contributed by atoms with Crippen molar-refractivity contribution in [2.45, 2.75) is 39.4 Å². The molecule has 0 saturated heterocycles. The van der Waals surface area contributed by atoms with Gasteiger partial charge in [0.2, 0.25) is 0 Å². The number of rotatable bonds is 6. The first-order valence-corrected chi connectivity index (χ1v) is 10.1. The second kappa shape index (κ2) is 8.45. The molecule has 2 atom stereocenters. The first-order valence-electron chi connectivity index (χ1n) is 9.31. The van der Waals surface area contributed by atoms with Gasteiger partial charge in [-0.3, -0.25) is 0 Å². The number of ether oxygens (including phenoxy) is 2. The standard InChI is InChI=1S/C24H27BrO2/c1-6-15(2)20-12-11-19-16(3)13-22(17(4)23(19)24(20)26-5)27-14-18-9-7-8-10-21(18)25/h6-10,13,20,24H,1-2,11-12,14H2,3-5H3/t20-,24+/m0/s1. The fourth-order valence-electron chi connectivity index (χ4n) is 4.07. The Morgan fingerprint density at radius 3 is 2.70 bits per heavy atom. The van der Waals surface area contributed by atoms with Gasteiger partial charge in [0.1, 0.15) is 12.4 Å². The van der Waals surface area contributed by atoms with E-state index in [4.69, 9.17) is 9.47 Å². The smallest absolute Gasteiger partial charge is 0.123 e. The van der Waals surface area contributed by atoms with Gasteiger partial charge in [-0.1, -0.05) is 53.4 Å². The molecule has 0 aromatic heterocycles. The van der Waals surface area contributed by atoms with Crippen molar-refractivity contribution in [2.24, 2.45) is 5.92 Å². The molecule has 2 aromatic rings. The maximum Gasteiger partial charge on any atom is 0.123 e. The molecule has 0 amide bonds. The zero-order chi connectivity index (χ0) is 19.6. The van der Waals surface area contributed by atoms with Crippen LogP contribution in [0.3, 0.4) is 0 Å². The highest BCUT2D eigenvalue weighted by Gasteiger charge is 2.33. The molecule has 142 valence electrons. The van der Waals surface area contributed by atoms with Crippen LogP contribution in [0.15, 0.2) is 59.6 Å². The molecule has 1 aliphatic carbocycles. The summed E-state index contributed by atoms with van der Waals surface area (Å²) in [7, 11) is 1.78. The minimum atomic E-state index is -0.00930. The molecule has 0 radical (unpaired) electrons. The van der Waals surface area contributed by atoms with E-state index in [1.807, 2.05) is 24.3 Å². The van der Waals surface area contributed by atoms with Crippen LogP contribution in [-0.4, -0.2) is 7.11 Å². The zero-order valence-corrected chi connectivity index (χ0v) is 17.9. The molecule has 2 aromatic carbocycles. The molecule has 3 rings (SSSR count). The molecule has 0 spiro atoms. The number of hydrogen-bond acceptors (Lipinski definition) is 2. The zero-order valence-electron chi connectivity index (χ0n) is 16.3. The normalized spacial score (nSPS) is 18.7. The van der Waals surface area contributed by atoms with Crippen molar-refractivity contribution >= 4 is 15.9 Å². The van der Waals surface area contributed by atoms with Gasteiger partial charge in [-0.25, -0.2) is 0 Å². The molecule has 0 unspecified atom stereocenters. The molecule has 3 heteroatoms. The molecule has 0 bridgehead atoms. The van der Waals surface area contributed by atoms with Crippen molar-refractivity contribution in [1.29, 1.82) is 0 Å². The Hall–Kier alpha value is -1.84.